The molecular formula is C24H17N7. The molecule has 0 aliphatic carbocycles. The van der Waals surface area contributed by atoms with E-state index in [1.54, 1.807) is 18.6 Å². The molecule has 0 unspecified atom stereocenters. The van der Waals surface area contributed by atoms with E-state index in [-0.39, 0.29) is 0 Å². The number of benzene rings is 1. The third kappa shape index (κ3) is 3.82. The Bertz CT molecular complexity index is 1380. The Labute approximate surface area is 178 Å². The molecule has 7 nitrogen and oxygen atoms in total. The summed E-state index contributed by atoms with van der Waals surface area (Å²) in [5.41, 5.74) is 5.77. The third-order valence-corrected chi connectivity index (χ3v) is 4.94. The van der Waals surface area contributed by atoms with Gasteiger partial charge in [0.2, 0.25) is 5.95 Å². The van der Waals surface area contributed by atoms with E-state index in [0.29, 0.717) is 23.8 Å². The molecule has 0 atom stereocenters. The number of rotatable bonds is 5. The van der Waals surface area contributed by atoms with Gasteiger partial charge in [-0.1, -0.05) is 30.3 Å². The number of nitriles is 1. The van der Waals surface area contributed by atoms with Gasteiger partial charge < -0.3 is 9.72 Å². The van der Waals surface area contributed by atoms with Crippen molar-refractivity contribution in [2.75, 3.05) is 5.32 Å². The van der Waals surface area contributed by atoms with E-state index >= 15 is 0 Å². The molecule has 0 saturated heterocycles. The molecule has 31 heavy (non-hydrogen) atoms. The number of hydrogen-bond donors (Lipinski definition) is 1. The Kier molecular flexibility index (Phi) is 4.79. The van der Waals surface area contributed by atoms with Crippen molar-refractivity contribution in [3.8, 4) is 28.6 Å². The summed E-state index contributed by atoms with van der Waals surface area (Å²) in [6, 6.07) is 20.0. The second-order valence-electron chi connectivity index (χ2n) is 6.94. The molecule has 0 aliphatic heterocycles. The highest BCUT2D eigenvalue weighted by Gasteiger charge is 2.11. The van der Waals surface area contributed by atoms with Crippen molar-refractivity contribution in [2.24, 2.45) is 0 Å². The van der Waals surface area contributed by atoms with Crippen molar-refractivity contribution in [2.45, 2.75) is 6.54 Å². The number of imidazole rings is 1. The van der Waals surface area contributed by atoms with Crippen molar-refractivity contribution in [3.05, 3.63) is 96.7 Å². The smallest absolute Gasteiger partial charge is 0.223 e. The lowest BCUT2D eigenvalue weighted by atomic mass is 10.1. The minimum Gasteiger partial charge on any atom is -0.350 e. The number of aromatic nitrogens is 5. The fraction of sp³-hybridized carbons (Fsp3) is 0.0417. The van der Waals surface area contributed by atoms with Gasteiger partial charge in [-0.15, -0.1) is 0 Å². The van der Waals surface area contributed by atoms with Gasteiger partial charge in [-0.05, 0) is 29.8 Å². The van der Waals surface area contributed by atoms with Crippen LogP contribution in [0.25, 0.3) is 28.2 Å². The quantitative estimate of drug-likeness (QED) is 0.469. The van der Waals surface area contributed by atoms with Crippen LogP contribution >= 0.6 is 0 Å². The highest BCUT2D eigenvalue weighted by molar-refractivity contribution is 5.68. The van der Waals surface area contributed by atoms with Crippen LogP contribution in [0.2, 0.25) is 0 Å². The summed E-state index contributed by atoms with van der Waals surface area (Å²) < 4.78 is 1.90. The van der Waals surface area contributed by atoms with Crippen molar-refractivity contribution >= 4 is 11.6 Å². The Morgan fingerprint density at radius 2 is 1.77 bits per heavy atom. The lowest BCUT2D eigenvalue weighted by Crippen LogP contribution is -2.05. The SMILES string of the molecule is N#Cc1cnc(NCc2ccc(-c3ccccn3)cc2)nc1-c1ccc2nccn2c1. The Morgan fingerprint density at radius 3 is 2.58 bits per heavy atom. The van der Waals surface area contributed by atoms with Gasteiger partial charge in [-0.3, -0.25) is 4.98 Å². The molecule has 5 rings (SSSR count). The van der Waals surface area contributed by atoms with Gasteiger partial charge in [-0.25, -0.2) is 15.0 Å². The van der Waals surface area contributed by atoms with Crippen LogP contribution in [-0.2, 0) is 6.54 Å². The van der Waals surface area contributed by atoms with Crippen molar-refractivity contribution in [1.82, 2.24) is 24.3 Å². The van der Waals surface area contributed by atoms with E-state index < -0.39 is 0 Å². The molecule has 0 amide bonds. The number of pyridine rings is 2. The first-order chi connectivity index (χ1) is 15.3. The zero-order valence-corrected chi connectivity index (χ0v) is 16.5. The Balaban J connectivity index is 1.36. The summed E-state index contributed by atoms with van der Waals surface area (Å²) in [4.78, 5) is 17.5. The number of anilines is 1. The molecule has 0 saturated carbocycles. The summed E-state index contributed by atoms with van der Waals surface area (Å²) in [6.07, 6.45) is 8.84. The Morgan fingerprint density at radius 1 is 0.903 bits per heavy atom. The predicted molar refractivity (Wildman–Crippen MR) is 118 cm³/mol. The maximum Gasteiger partial charge on any atom is 0.223 e. The van der Waals surface area contributed by atoms with Crippen LogP contribution in [0.4, 0.5) is 5.95 Å². The summed E-state index contributed by atoms with van der Waals surface area (Å²) in [5, 5.41) is 12.7. The second-order valence-corrected chi connectivity index (χ2v) is 6.94. The molecule has 0 spiro atoms. The zero-order chi connectivity index (χ0) is 21.0. The first-order valence-electron chi connectivity index (χ1n) is 9.74. The molecule has 0 bridgehead atoms. The average Bonchev–Trinajstić information content (AvgIpc) is 3.31. The van der Waals surface area contributed by atoms with Crippen LogP contribution in [-0.4, -0.2) is 24.3 Å². The van der Waals surface area contributed by atoms with Crippen LogP contribution in [0.1, 0.15) is 11.1 Å². The van der Waals surface area contributed by atoms with Crippen LogP contribution in [0, 0.1) is 11.3 Å². The first kappa shape index (κ1) is 18.5. The maximum absolute atomic E-state index is 9.50. The van der Waals surface area contributed by atoms with Crippen molar-refractivity contribution in [3.63, 3.8) is 0 Å². The summed E-state index contributed by atoms with van der Waals surface area (Å²) in [6.45, 7) is 0.564. The van der Waals surface area contributed by atoms with Crippen LogP contribution in [0.5, 0.6) is 0 Å². The number of nitrogens with zero attached hydrogens (tertiary/aromatic N) is 6. The largest absolute Gasteiger partial charge is 0.350 e. The van der Waals surface area contributed by atoms with E-state index in [1.807, 2.05) is 59.3 Å². The fourth-order valence-electron chi connectivity index (χ4n) is 3.34. The molecule has 0 fully saturated rings. The molecule has 1 aromatic carbocycles. The normalized spacial score (nSPS) is 10.7. The van der Waals surface area contributed by atoms with E-state index in [2.05, 4.69) is 43.5 Å². The predicted octanol–water partition coefficient (Wildman–Crippen LogP) is 4.34. The van der Waals surface area contributed by atoms with Crippen LogP contribution in [0.3, 0.4) is 0 Å². The minimum atomic E-state index is 0.421. The lowest BCUT2D eigenvalue weighted by Gasteiger charge is -2.09. The van der Waals surface area contributed by atoms with E-state index in [4.69, 9.17) is 0 Å². The van der Waals surface area contributed by atoms with Gasteiger partial charge in [0.1, 0.15) is 11.7 Å². The molecule has 7 heteroatoms. The first-order valence-corrected chi connectivity index (χ1v) is 9.74. The van der Waals surface area contributed by atoms with Gasteiger partial charge in [0.15, 0.2) is 0 Å². The highest BCUT2D eigenvalue weighted by Crippen LogP contribution is 2.23. The van der Waals surface area contributed by atoms with Gasteiger partial charge in [0, 0.05) is 42.5 Å². The monoisotopic (exact) mass is 403 g/mol. The summed E-state index contributed by atoms with van der Waals surface area (Å²) in [5.74, 6) is 0.466. The lowest BCUT2D eigenvalue weighted by molar-refractivity contribution is 1.05. The van der Waals surface area contributed by atoms with Crippen molar-refractivity contribution < 1.29 is 0 Å². The molecule has 148 valence electrons. The van der Waals surface area contributed by atoms with Crippen LogP contribution in [0.15, 0.2) is 85.6 Å². The minimum absolute atomic E-state index is 0.421. The summed E-state index contributed by atoms with van der Waals surface area (Å²) >= 11 is 0. The number of hydrogen-bond acceptors (Lipinski definition) is 6. The van der Waals surface area contributed by atoms with Gasteiger partial charge in [0.05, 0.1) is 23.1 Å². The maximum atomic E-state index is 9.50. The van der Waals surface area contributed by atoms with Gasteiger partial charge in [0.25, 0.3) is 0 Å². The summed E-state index contributed by atoms with van der Waals surface area (Å²) in [7, 11) is 0. The van der Waals surface area contributed by atoms with E-state index in [1.165, 1.54) is 0 Å². The zero-order valence-electron chi connectivity index (χ0n) is 16.5. The molecule has 0 aliphatic rings. The molecule has 5 aromatic rings. The third-order valence-electron chi connectivity index (χ3n) is 4.94. The second kappa shape index (κ2) is 8.05. The van der Waals surface area contributed by atoms with Crippen molar-refractivity contribution in [1.29, 1.82) is 5.26 Å². The number of nitrogens with one attached hydrogen (secondary N) is 1. The number of fused-ring (bicyclic) bond motifs is 1. The molecule has 4 aromatic heterocycles. The van der Waals surface area contributed by atoms with E-state index in [0.717, 1.165) is 28.0 Å². The molecule has 1 N–H and O–H groups in total. The van der Waals surface area contributed by atoms with Gasteiger partial charge in [-0.2, -0.15) is 5.26 Å². The Hall–Kier alpha value is -4.57. The topological polar surface area (TPSA) is 91.8 Å². The van der Waals surface area contributed by atoms with Crippen LogP contribution < -0.4 is 5.32 Å². The van der Waals surface area contributed by atoms with Gasteiger partial charge >= 0.3 is 0 Å². The fourth-order valence-corrected chi connectivity index (χ4v) is 3.34. The molecule has 4 heterocycles. The molecular weight excluding hydrogens is 386 g/mol. The standard InChI is InChI=1S/C24H17N7/c25-13-20-15-29-24(30-23(20)19-8-9-22-27-11-12-31(22)16-19)28-14-17-4-6-18(7-5-17)21-3-1-2-10-26-21/h1-12,15-16H,14H2,(H,28,29,30). The highest BCUT2D eigenvalue weighted by atomic mass is 15.1. The molecule has 0 radical (unpaired) electrons. The average molecular weight is 403 g/mol. The van der Waals surface area contributed by atoms with E-state index in [9.17, 15) is 5.26 Å².